The number of benzene rings is 7. The molecule has 11 rings (SSSR count). The van der Waals surface area contributed by atoms with Crippen molar-refractivity contribution < 1.29 is 4.90 Å². The van der Waals surface area contributed by atoms with Crippen LogP contribution in [-0.4, -0.2) is 4.57 Å². The first-order valence-electron chi connectivity index (χ1n) is 19.9. The van der Waals surface area contributed by atoms with E-state index in [0.717, 1.165) is 25.9 Å². The second-order valence-corrected chi connectivity index (χ2v) is 16.6. The first-order valence-corrected chi connectivity index (χ1v) is 21.5. The van der Waals surface area contributed by atoms with Gasteiger partial charge in [0.2, 0.25) is 0 Å². The Bertz CT molecular complexity index is 3120. The molecule has 1 atom stereocenters. The third-order valence-corrected chi connectivity index (χ3v) is 13.8. The van der Waals surface area contributed by atoms with E-state index in [2.05, 4.69) is 174 Å². The minimum atomic E-state index is 0.901. The lowest BCUT2D eigenvalue weighted by Gasteiger charge is -2.20. The van der Waals surface area contributed by atoms with Gasteiger partial charge in [0.1, 0.15) is 18.8 Å². The minimum absolute atomic E-state index is 0.901. The third-order valence-electron chi connectivity index (χ3n) is 11.3. The van der Waals surface area contributed by atoms with Crippen LogP contribution in [0.5, 0.6) is 0 Å². The van der Waals surface area contributed by atoms with Gasteiger partial charge in [0.15, 0.2) is 0 Å². The lowest BCUT2D eigenvalue weighted by molar-refractivity contribution is -0.860. The zero-order chi connectivity index (χ0) is 37.6. The Morgan fingerprint density at radius 2 is 1.29 bits per heavy atom. The Hall–Kier alpha value is -5.78. The molecule has 0 saturated heterocycles. The smallest absolute Gasteiger partial charge is 0.149 e. The molecule has 3 heterocycles. The summed E-state index contributed by atoms with van der Waals surface area (Å²) in [5, 5.41) is 8.04. The third kappa shape index (κ3) is 5.88. The van der Waals surface area contributed by atoms with Crippen LogP contribution in [0.15, 0.2) is 170 Å². The number of fused-ring (bicyclic) bond motifs is 9. The molecule has 4 heteroatoms. The van der Waals surface area contributed by atoms with E-state index in [4.69, 9.17) is 0 Å². The number of thiophene rings is 2. The largest absolute Gasteiger partial charge is 0.313 e. The van der Waals surface area contributed by atoms with E-state index in [1.54, 1.807) is 0 Å². The highest BCUT2D eigenvalue weighted by Crippen LogP contribution is 2.43. The van der Waals surface area contributed by atoms with Gasteiger partial charge in [-0.3, -0.25) is 4.90 Å². The number of hydrogen-bond donors (Lipinski definition) is 1. The molecule has 0 bridgehead atoms. The van der Waals surface area contributed by atoms with Crippen LogP contribution in [-0.2, 0) is 13.1 Å². The predicted molar refractivity (Wildman–Crippen MR) is 246 cm³/mol. The second-order valence-electron chi connectivity index (χ2n) is 14.5. The van der Waals surface area contributed by atoms with E-state index >= 15 is 0 Å². The molecule has 1 aliphatic rings. The molecule has 0 radical (unpaired) electrons. The first kappa shape index (κ1) is 34.7. The van der Waals surface area contributed by atoms with Crippen LogP contribution in [0.1, 0.15) is 37.8 Å². The van der Waals surface area contributed by atoms with Gasteiger partial charge in [-0.15, -0.1) is 22.7 Å². The lowest BCUT2D eigenvalue weighted by Crippen LogP contribution is -3.04. The molecule has 56 heavy (non-hydrogen) atoms. The fourth-order valence-electron chi connectivity index (χ4n) is 8.86. The highest BCUT2D eigenvalue weighted by atomic mass is 32.1. The quantitative estimate of drug-likeness (QED) is 0.166. The summed E-state index contributed by atoms with van der Waals surface area (Å²) in [7, 11) is 0. The molecule has 0 spiro atoms. The van der Waals surface area contributed by atoms with Crippen LogP contribution < -0.4 is 4.90 Å². The van der Waals surface area contributed by atoms with Crippen molar-refractivity contribution in [2.45, 2.75) is 39.8 Å². The summed E-state index contributed by atoms with van der Waals surface area (Å²) in [5.41, 5.74) is 10.6. The molecule has 1 N–H and O–H groups in total. The lowest BCUT2D eigenvalue weighted by atomic mass is 9.97. The highest BCUT2D eigenvalue weighted by molar-refractivity contribution is 7.26. The molecular weight excluding hydrogens is 717 g/mol. The number of hydrogen-bond acceptors (Lipinski definition) is 2. The number of allylic oxidation sites excluding steroid dienone is 4. The van der Waals surface area contributed by atoms with Gasteiger partial charge in [0.25, 0.3) is 0 Å². The molecule has 7 aromatic carbocycles. The molecule has 0 fully saturated rings. The Labute approximate surface area is 335 Å². The number of nitrogens with zero attached hydrogens (tertiary/aromatic N) is 1. The maximum Gasteiger partial charge on any atom is 0.149 e. The maximum atomic E-state index is 2.48. The molecule has 1 unspecified atom stereocenters. The van der Waals surface area contributed by atoms with Gasteiger partial charge in [0.05, 0.1) is 15.7 Å². The van der Waals surface area contributed by atoms with Crippen molar-refractivity contribution in [2.24, 2.45) is 0 Å². The van der Waals surface area contributed by atoms with Crippen LogP contribution in [0.4, 0.5) is 5.69 Å². The van der Waals surface area contributed by atoms with Gasteiger partial charge in [-0.25, -0.2) is 0 Å². The number of aromatic nitrogens is 1. The standard InChI is InChI=1S/C50H36N2S2.C2H6/c1-3-14-33(15-4-1)31-51(45-25-12-22-40-39-20-8-10-26-46(39)53-50(40)45)32-35-16-11-23-41-48-37(21-13-27-47(48)54-49(35)41)34-28-29-44-42(30-34)38-19-7-9-24-43(38)52(44)36-17-5-2-6-18-36;1-2/h1-5,7-17,19-30H,6,18,31-32H2;1-2H3/p+1. The van der Waals surface area contributed by atoms with Crippen LogP contribution in [0, 0.1) is 0 Å². The predicted octanol–water partition coefficient (Wildman–Crippen LogP) is 14.3. The molecule has 0 saturated carbocycles. The molecule has 10 aromatic rings. The summed E-state index contributed by atoms with van der Waals surface area (Å²) in [6.07, 6.45) is 8.89. The summed E-state index contributed by atoms with van der Waals surface area (Å²) >= 11 is 3.88. The van der Waals surface area contributed by atoms with Crippen molar-refractivity contribution in [1.82, 2.24) is 4.57 Å². The van der Waals surface area contributed by atoms with Gasteiger partial charge in [-0.1, -0.05) is 141 Å². The number of quaternary nitrogens is 1. The Kier molecular flexibility index (Phi) is 9.11. The molecular formula is C52H43N2S2+. The molecule has 2 nitrogen and oxygen atoms in total. The number of nitrogens with one attached hydrogen (secondary N) is 1. The van der Waals surface area contributed by atoms with E-state index in [9.17, 15) is 0 Å². The normalized spacial score (nSPS) is 13.5. The SMILES string of the molecule is C1=CCCC(n2c3ccccc3c3cc(-c4cccc5sc6c(C[NH+](Cc7ccccc7)c7cccc8c7sc7ccccc78)cccc6c45)ccc32)=C1.CC. The Morgan fingerprint density at radius 1 is 0.571 bits per heavy atom. The van der Waals surface area contributed by atoms with Crippen molar-refractivity contribution in [1.29, 1.82) is 0 Å². The zero-order valence-electron chi connectivity index (χ0n) is 31.8. The van der Waals surface area contributed by atoms with E-state index in [1.165, 1.54) is 101 Å². The summed E-state index contributed by atoms with van der Waals surface area (Å²) in [6, 6.07) is 56.7. The summed E-state index contributed by atoms with van der Waals surface area (Å²) in [4.78, 5) is 1.47. The first-order chi connectivity index (χ1) is 27.8. The van der Waals surface area contributed by atoms with Gasteiger partial charge >= 0.3 is 0 Å². The molecule has 1 aliphatic carbocycles. The van der Waals surface area contributed by atoms with Crippen molar-refractivity contribution >= 4 is 96.2 Å². The van der Waals surface area contributed by atoms with Gasteiger partial charge < -0.3 is 4.57 Å². The summed E-state index contributed by atoms with van der Waals surface area (Å²) in [6.45, 7) is 5.82. The molecule has 272 valence electrons. The monoisotopic (exact) mass is 759 g/mol. The second kappa shape index (κ2) is 14.7. The Balaban J connectivity index is 0.00000189. The van der Waals surface area contributed by atoms with E-state index in [-0.39, 0.29) is 0 Å². The fourth-order valence-corrected chi connectivity index (χ4v) is 11.4. The highest BCUT2D eigenvalue weighted by Gasteiger charge is 2.23. The molecule has 0 amide bonds. The Morgan fingerprint density at radius 3 is 2.16 bits per heavy atom. The average molecular weight is 760 g/mol. The van der Waals surface area contributed by atoms with Crippen LogP contribution in [0.3, 0.4) is 0 Å². The van der Waals surface area contributed by atoms with Crippen molar-refractivity contribution in [3.63, 3.8) is 0 Å². The minimum Gasteiger partial charge on any atom is -0.313 e. The summed E-state index contributed by atoms with van der Waals surface area (Å²) in [5.74, 6) is 0. The van der Waals surface area contributed by atoms with Crippen LogP contribution >= 0.6 is 22.7 Å². The average Bonchev–Trinajstić information content (AvgIpc) is 3.95. The molecule has 3 aromatic heterocycles. The fraction of sp³-hybridized carbons (Fsp3) is 0.115. The molecule has 0 aliphatic heterocycles. The topological polar surface area (TPSA) is 9.37 Å². The van der Waals surface area contributed by atoms with Gasteiger partial charge in [-0.05, 0) is 60.4 Å². The van der Waals surface area contributed by atoms with Crippen molar-refractivity contribution in [3.05, 3.63) is 181 Å². The number of para-hydroxylation sites is 1. The van der Waals surface area contributed by atoms with Gasteiger partial charge in [-0.2, -0.15) is 0 Å². The maximum absolute atomic E-state index is 2.48. The van der Waals surface area contributed by atoms with Gasteiger partial charge in [0, 0.05) is 69.3 Å². The summed E-state index contributed by atoms with van der Waals surface area (Å²) < 4.78 is 7.96. The number of rotatable bonds is 7. The van der Waals surface area contributed by atoms with E-state index in [1.807, 2.05) is 36.5 Å². The van der Waals surface area contributed by atoms with E-state index < -0.39 is 0 Å². The van der Waals surface area contributed by atoms with E-state index in [0.29, 0.717) is 0 Å². The van der Waals surface area contributed by atoms with Crippen molar-refractivity contribution in [2.75, 3.05) is 0 Å². The van der Waals surface area contributed by atoms with Crippen LogP contribution in [0.2, 0.25) is 0 Å². The van der Waals surface area contributed by atoms with Crippen molar-refractivity contribution in [3.8, 4) is 11.1 Å². The zero-order valence-corrected chi connectivity index (χ0v) is 33.4. The van der Waals surface area contributed by atoms with Crippen LogP contribution in [0.25, 0.3) is 79.0 Å².